The highest BCUT2D eigenvalue weighted by Gasteiger charge is 2.20. The summed E-state index contributed by atoms with van der Waals surface area (Å²) in [5, 5.41) is 0. The Balaban J connectivity index is 1.81. The summed E-state index contributed by atoms with van der Waals surface area (Å²) in [4.78, 5) is 12.8. The molecule has 2 aromatic rings. The van der Waals surface area contributed by atoms with Crippen LogP contribution in [-0.2, 0) is 4.79 Å². The summed E-state index contributed by atoms with van der Waals surface area (Å²) in [6, 6.07) is 15.5. The maximum absolute atomic E-state index is 12.8. The number of carbonyl (C=O) groups is 1. The van der Waals surface area contributed by atoms with Gasteiger partial charge in [0.1, 0.15) is 11.5 Å². The topological polar surface area (TPSA) is 35.5 Å². The van der Waals surface area contributed by atoms with Crippen LogP contribution in [0.15, 0.2) is 59.7 Å². The molecule has 0 atom stereocenters. The number of hydrogen-bond acceptors (Lipinski definition) is 3. The summed E-state index contributed by atoms with van der Waals surface area (Å²) in [6.07, 6.45) is 6.62. The highest BCUT2D eigenvalue weighted by Crippen LogP contribution is 2.28. The molecule has 0 bridgehead atoms. The average molecular weight is 334 g/mol. The van der Waals surface area contributed by atoms with Gasteiger partial charge < -0.3 is 9.47 Å². The smallest absolute Gasteiger partial charge is 0.185 e. The van der Waals surface area contributed by atoms with Gasteiger partial charge in [-0.15, -0.1) is 0 Å². The zero-order valence-corrected chi connectivity index (χ0v) is 14.6. The number of ketones is 1. The first-order chi connectivity index (χ1) is 12.2. The van der Waals surface area contributed by atoms with Crippen molar-refractivity contribution < 1.29 is 14.3 Å². The molecule has 0 aliphatic heterocycles. The van der Waals surface area contributed by atoms with E-state index in [1.807, 2.05) is 60.7 Å². The zero-order valence-electron chi connectivity index (χ0n) is 14.6. The Morgan fingerprint density at radius 1 is 0.720 bits per heavy atom. The first-order valence-corrected chi connectivity index (χ1v) is 8.43. The summed E-state index contributed by atoms with van der Waals surface area (Å²) in [6.45, 7) is 0. The lowest BCUT2D eigenvalue weighted by molar-refractivity contribution is -0.112. The number of rotatable bonds is 4. The van der Waals surface area contributed by atoms with E-state index in [0.29, 0.717) is 0 Å². The first-order valence-electron chi connectivity index (χ1n) is 8.43. The van der Waals surface area contributed by atoms with Gasteiger partial charge in [-0.2, -0.15) is 0 Å². The molecule has 3 rings (SSSR count). The van der Waals surface area contributed by atoms with Crippen molar-refractivity contribution in [1.29, 1.82) is 0 Å². The van der Waals surface area contributed by atoms with Gasteiger partial charge in [-0.05, 0) is 66.8 Å². The summed E-state index contributed by atoms with van der Waals surface area (Å²) in [5.74, 6) is 1.78. The van der Waals surface area contributed by atoms with Crippen molar-refractivity contribution in [3.05, 3.63) is 70.8 Å². The van der Waals surface area contributed by atoms with E-state index in [4.69, 9.17) is 9.47 Å². The van der Waals surface area contributed by atoms with Gasteiger partial charge >= 0.3 is 0 Å². The number of carbonyl (C=O) groups excluding carboxylic acids is 1. The van der Waals surface area contributed by atoms with Gasteiger partial charge in [0.15, 0.2) is 5.78 Å². The normalized spacial score (nSPS) is 17.8. The van der Waals surface area contributed by atoms with Gasteiger partial charge in [-0.3, -0.25) is 4.79 Å². The van der Waals surface area contributed by atoms with Gasteiger partial charge in [-0.25, -0.2) is 0 Å². The molecule has 1 fully saturated rings. The maximum Gasteiger partial charge on any atom is 0.185 e. The Hall–Kier alpha value is -2.81. The van der Waals surface area contributed by atoms with Gasteiger partial charge in [0.25, 0.3) is 0 Å². The van der Waals surface area contributed by atoms with Crippen LogP contribution in [0.1, 0.15) is 30.4 Å². The predicted molar refractivity (Wildman–Crippen MR) is 101 cm³/mol. The highest BCUT2D eigenvalue weighted by molar-refractivity contribution is 6.13. The molecule has 1 aliphatic carbocycles. The highest BCUT2D eigenvalue weighted by atomic mass is 16.5. The van der Waals surface area contributed by atoms with Crippen LogP contribution >= 0.6 is 0 Å². The van der Waals surface area contributed by atoms with Crippen molar-refractivity contribution in [3.8, 4) is 11.5 Å². The molecule has 0 unspecified atom stereocenters. The number of allylic oxidation sites excluding steroid dienone is 2. The second kappa shape index (κ2) is 7.84. The third-order valence-electron chi connectivity index (χ3n) is 4.39. The molecule has 0 aromatic heterocycles. The lowest BCUT2D eigenvalue weighted by Crippen LogP contribution is -2.12. The molecular formula is C22H22O3. The summed E-state index contributed by atoms with van der Waals surface area (Å²) in [5.41, 5.74) is 3.79. The average Bonchev–Trinajstić information content (AvgIpc) is 2.66. The van der Waals surface area contributed by atoms with E-state index in [0.717, 1.165) is 53.0 Å². The quantitative estimate of drug-likeness (QED) is 0.744. The molecule has 0 heterocycles. The van der Waals surface area contributed by atoms with Crippen LogP contribution in [0.4, 0.5) is 0 Å². The van der Waals surface area contributed by atoms with Crippen LogP contribution in [0, 0.1) is 0 Å². The van der Waals surface area contributed by atoms with E-state index in [-0.39, 0.29) is 5.78 Å². The van der Waals surface area contributed by atoms with Gasteiger partial charge in [0.05, 0.1) is 14.2 Å². The largest absolute Gasteiger partial charge is 0.497 e. The van der Waals surface area contributed by atoms with Crippen LogP contribution in [-0.4, -0.2) is 20.0 Å². The van der Waals surface area contributed by atoms with Crippen molar-refractivity contribution in [1.82, 2.24) is 0 Å². The molecule has 0 N–H and O–H groups in total. The fourth-order valence-corrected chi connectivity index (χ4v) is 2.98. The molecule has 128 valence electrons. The number of hydrogen-bond donors (Lipinski definition) is 0. The molecule has 0 radical (unpaired) electrons. The minimum atomic E-state index is 0.151. The van der Waals surface area contributed by atoms with Crippen LogP contribution in [0.5, 0.6) is 11.5 Å². The predicted octanol–water partition coefficient (Wildman–Crippen LogP) is 4.92. The SMILES string of the molecule is COc1ccc(/C=C2/CCC/C(=C/c3ccc(OC)cc3)C2=O)cc1. The Kier molecular flexibility index (Phi) is 5.34. The van der Waals surface area contributed by atoms with Gasteiger partial charge in [0.2, 0.25) is 0 Å². The second-order valence-corrected chi connectivity index (χ2v) is 6.07. The van der Waals surface area contributed by atoms with E-state index in [1.165, 1.54) is 0 Å². The lowest BCUT2D eigenvalue weighted by atomic mass is 9.87. The van der Waals surface area contributed by atoms with Gasteiger partial charge in [-0.1, -0.05) is 24.3 Å². The van der Waals surface area contributed by atoms with E-state index >= 15 is 0 Å². The molecule has 0 amide bonds. The molecule has 0 spiro atoms. The minimum absolute atomic E-state index is 0.151. The molecule has 3 nitrogen and oxygen atoms in total. The van der Waals surface area contributed by atoms with Crippen molar-refractivity contribution in [2.75, 3.05) is 14.2 Å². The first kappa shape index (κ1) is 17.0. The van der Waals surface area contributed by atoms with Crippen molar-refractivity contribution >= 4 is 17.9 Å². The number of Topliss-reactive ketones (excluding diaryl/α,β-unsaturated/α-hetero) is 1. The molecule has 2 aromatic carbocycles. The monoisotopic (exact) mass is 334 g/mol. The fraction of sp³-hybridized carbons (Fsp3) is 0.227. The third kappa shape index (κ3) is 4.18. The maximum atomic E-state index is 12.8. The fourth-order valence-electron chi connectivity index (χ4n) is 2.98. The number of benzene rings is 2. The molecule has 0 saturated heterocycles. The summed E-state index contributed by atoms with van der Waals surface area (Å²) >= 11 is 0. The van der Waals surface area contributed by atoms with Crippen LogP contribution in [0.25, 0.3) is 12.2 Å². The third-order valence-corrected chi connectivity index (χ3v) is 4.39. The number of methoxy groups -OCH3 is 2. The van der Waals surface area contributed by atoms with Crippen molar-refractivity contribution in [2.45, 2.75) is 19.3 Å². The molecule has 25 heavy (non-hydrogen) atoms. The molecular weight excluding hydrogens is 312 g/mol. The second-order valence-electron chi connectivity index (χ2n) is 6.07. The Bertz CT molecular complexity index is 729. The van der Waals surface area contributed by atoms with Gasteiger partial charge in [0, 0.05) is 11.1 Å². The zero-order chi connectivity index (χ0) is 17.6. The van der Waals surface area contributed by atoms with Crippen molar-refractivity contribution in [3.63, 3.8) is 0 Å². The van der Waals surface area contributed by atoms with Crippen LogP contribution < -0.4 is 9.47 Å². The van der Waals surface area contributed by atoms with E-state index in [2.05, 4.69) is 0 Å². The Labute approximate surface area is 148 Å². The minimum Gasteiger partial charge on any atom is -0.497 e. The van der Waals surface area contributed by atoms with E-state index in [9.17, 15) is 4.79 Å². The Morgan fingerprint density at radius 2 is 1.12 bits per heavy atom. The van der Waals surface area contributed by atoms with Crippen LogP contribution in [0.2, 0.25) is 0 Å². The standard InChI is InChI=1S/C22H22O3/c1-24-20-10-6-16(7-11-20)14-18-4-3-5-19(22(18)23)15-17-8-12-21(25-2)13-9-17/h6-15H,3-5H2,1-2H3/b18-14-,19-15-. The summed E-state index contributed by atoms with van der Waals surface area (Å²) in [7, 11) is 3.29. The van der Waals surface area contributed by atoms with Crippen molar-refractivity contribution in [2.24, 2.45) is 0 Å². The molecule has 3 heteroatoms. The Morgan fingerprint density at radius 3 is 1.48 bits per heavy atom. The van der Waals surface area contributed by atoms with E-state index < -0.39 is 0 Å². The molecule has 1 aliphatic rings. The number of ether oxygens (including phenoxy) is 2. The lowest BCUT2D eigenvalue weighted by Gasteiger charge is -2.16. The summed E-state index contributed by atoms with van der Waals surface area (Å²) < 4.78 is 10.3. The molecule has 1 saturated carbocycles. The van der Waals surface area contributed by atoms with Crippen LogP contribution in [0.3, 0.4) is 0 Å². The van der Waals surface area contributed by atoms with E-state index in [1.54, 1.807) is 14.2 Å².